The number of hydrogen-bond donors (Lipinski definition) is 0. The first-order valence-electron chi connectivity index (χ1n) is 11.9. The van der Waals surface area contributed by atoms with Crippen molar-refractivity contribution >= 4 is 17.7 Å². The van der Waals surface area contributed by atoms with Gasteiger partial charge in [0.2, 0.25) is 0 Å². The third kappa shape index (κ3) is 2.29. The summed E-state index contributed by atoms with van der Waals surface area (Å²) in [6.45, 7) is 9.24. The first-order valence-corrected chi connectivity index (χ1v) is 11.9. The van der Waals surface area contributed by atoms with Gasteiger partial charge in [-0.05, 0) is 39.7 Å². The molecular formula is C26H30O8. The Bertz CT molecular complexity index is 1120. The molecule has 6 rings (SSSR count). The normalized spacial score (nSPS) is 48.3. The van der Waals surface area contributed by atoms with Crippen molar-refractivity contribution in [3.8, 4) is 0 Å². The monoisotopic (exact) mass is 470 g/mol. The van der Waals surface area contributed by atoms with E-state index in [1.807, 2.05) is 13.0 Å². The number of Topliss-reactive ketones (excluding diaryl/α,β-unsaturated/α-hetero) is 1. The average Bonchev–Trinajstić information content (AvgIpc) is 3.11. The Morgan fingerprint density at radius 2 is 1.85 bits per heavy atom. The van der Waals surface area contributed by atoms with Gasteiger partial charge in [-0.25, -0.2) is 4.79 Å². The lowest BCUT2D eigenvalue weighted by atomic mass is 9.50. The van der Waals surface area contributed by atoms with E-state index in [0.29, 0.717) is 12.8 Å². The molecule has 0 amide bonds. The summed E-state index contributed by atoms with van der Waals surface area (Å²) in [5, 5.41) is 0. The molecule has 8 heteroatoms. The van der Waals surface area contributed by atoms with Gasteiger partial charge in [0.25, 0.3) is 0 Å². The average molecular weight is 471 g/mol. The fourth-order valence-electron chi connectivity index (χ4n) is 7.82. The second-order valence-corrected chi connectivity index (χ2v) is 11.4. The number of epoxide rings is 1. The lowest BCUT2D eigenvalue weighted by Crippen LogP contribution is -2.62. The van der Waals surface area contributed by atoms with Crippen LogP contribution in [0.25, 0.3) is 0 Å². The number of ketones is 1. The van der Waals surface area contributed by atoms with Crippen LogP contribution in [0.5, 0.6) is 0 Å². The highest BCUT2D eigenvalue weighted by Gasteiger charge is 2.85. The number of furan rings is 1. The standard InChI is InChI=1S/C26H30O8/c1-14(27)25-12-17(31-16(25)11-18(28)33-22(25,2)3)23(4)8-6-9-24(5)19(15-7-10-30-13-15)32-21(29)20-26(23,24)34-20/h6-8,10,13,16-17,19-20H,9,11-12H2,1-5H3/t16-,17+,19-,20+,23-,24-,25+,26-/m0/s1. The predicted octanol–water partition coefficient (Wildman–Crippen LogP) is 3.45. The minimum Gasteiger partial charge on any atom is -0.472 e. The minimum absolute atomic E-state index is 0.0214. The molecule has 1 aromatic heterocycles. The van der Waals surface area contributed by atoms with Gasteiger partial charge in [0.15, 0.2) is 6.10 Å². The molecular weight excluding hydrogens is 440 g/mol. The van der Waals surface area contributed by atoms with E-state index in [0.717, 1.165) is 5.56 Å². The first kappa shape index (κ1) is 22.0. The van der Waals surface area contributed by atoms with Gasteiger partial charge in [-0.2, -0.15) is 0 Å². The number of rotatable bonds is 3. The van der Waals surface area contributed by atoms with E-state index in [-0.39, 0.29) is 18.2 Å². The van der Waals surface area contributed by atoms with E-state index in [4.69, 9.17) is 23.4 Å². The van der Waals surface area contributed by atoms with Gasteiger partial charge in [0, 0.05) is 16.4 Å². The van der Waals surface area contributed by atoms with Crippen molar-refractivity contribution in [3.05, 3.63) is 36.3 Å². The summed E-state index contributed by atoms with van der Waals surface area (Å²) in [5.74, 6) is -0.837. The van der Waals surface area contributed by atoms with Gasteiger partial charge in [0.1, 0.15) is 23.1 Å². The van der Waals surface area contributed by atoms with Crippen molar-refractivity contribution in [3.63, 3.8) is 0 Å². The summed E-state index contributed by atoms with van der Waals surface area (Å²) in [5.41, 5.74) is -3.42. The molecule has 4 aliphatic heterocycles. The molecule has 34 heavy (non-hydrogen) atoms. The maximum absolute atomic E-state index is 13.1. The first-order chi connectivity index (χ1) is 15.9. The number of cyclic esters (lactones) is 2. The molecule has 5 heterocycles. The Kier molecular flexibility index (Phi) is 4.15. The van der Waals surface area contributed by atoms with E-state index in [2.05, 4.69) is 19.1 Å². The second-order valence-electron chi connectivity index (χ2n) is 11.4. The molecule has 4 saturated heterocycles. The maximum atomic E-state index is 13.1. The predicted molar refractivity (Wildman–Crippen MR) is 116 cm³/mol. The molecule has 1 aliphatic carbocycles. The van der Waals surface area contributed by atoms with E-state index >= 15 is 0 Å². The molecule has 8 atom stereocenters. The maximum Gasteiger partial charge on any atom is 0.339 e. The van der Waals surface area contributed by atoms with Crippen molar-refractivity contribution < 1.29 is 37.7 Å². The summed E-state index contributed by atoms with van der Waals surface area (Å²) in [4.78, 5) is 38.6. The number of fused-ring (bicyclic) bond motifs is 1. The fourth-order valence-corrected chi connectivity index (χ4v) is 7.82. The molecule has 0 saturated carbocycles. The number of carbonyl (C=O) groups excluding carboxylic acids is 3. The van der Waals surface area contributed by atoms with Crippen LogP contribution in [0.15, 0.2) is 35.2 Å². The van der Waals surface area contributed by atoms with Crippen LogP contribution < -0.4 is 0 Å². The molecule has 8 nitrogen and oxygen atoms in total. The molecule has 5 aliphatic rings. The zero-order chi connectivity index (χ0) is 24.3. The van der Waals surface area contributed by atoms with Crippen molar-refractivity contribution in [1.29, 1.82) is 0 Å². The Balaban J connectivity index is 1.46. The minimum atomic E-state index is -1.02. The highest BCUT2D eigenvalue weighted by molar-refractivity contribution is 5.88. The van der Waals surface area contributed by atoms with Gasteiger partial charge < -0.3 is 23.4 Å². The Hall–Kier alpha value is -2.45. The molecule has 0 unspecified atom stereocenters. The zero-order valence-electron chi connectivity index (χ0n) is 20.1. The van der Waals surface area contributed by atoms with E-state index in [1.165, 1.54) is 0 Å². The lowest BCUT2D eigenvalue weighted by Gasteiger charge is -2.54. The van der Waals surface area contributed by atoms with Crippen LogP contribution >= 0.6 is 0 Å². The van der Waals surface area contributed by atoms with Crippen molar-refractivity contribution in [2.45, 2.75) is 89.5 Å². The SMILES string of the molecule is CC(=O)[C@]12C[C@H]([C@]3(C)C=CC[C@@]4(C)[C@H](c5ccoc5)OC(=O)[C@H]5O[C@@]534)O[C@H]1CC(=O)OC2(C)C. The zero-order valence-corrected chi connectivity index (χ0v) is 20.1. The molecule has 0 aromatic carbocycles. The van der Waals surface area contributed by atoms with E-state index < -0.39 is 57.8 Å². The molecule has 1 spiro atoms. The van der Waals surface area contributed by atoms with Crippen molar-refractivity contribution in [2.75, 3.05) is 0 Å². The quantitative estimate of drug-likeness (QED) is 0.376. The molecule has 182 valence electrons. The second kappa shape index (κ2) is 6.40. The Morgan fingerprint density at radius 3 is 2.53 bits per heavy atom. The Morgan fingerprint density at radius 1 is 1.09 bits per heavy atom. The topological polar surface area (TPSA) is 105 Å². The summed E-state index contributed by atoms with van der Waals surface area (Å²) in [6.07, 6.45) is 6.04. The van der Waals surface area contributed by atoms with Crippen molar-refractivity contribution in [1.82, 2.24) is 0 Å². The van der Waals surface area contributed by atoms with Gasteiger partial charge >= 0.3 is 11.9 Å². The number of esters is 2. The third-order valence-corrected chi connectivity index (χ3v) is 9.62. The van der Waals surface area contributed by atoms with Crippen LogP contribution in [0.1, 0.15) is 65.5 Å². The van der Waals surface area contributed by atoms with Crippen LogP contribution in [-0.4, -0.2) is 47.2 Å². The largest absolute Gasteiger partial charge is 0.472 e. The molecule has 0 N–H and O–H groups in total. The third-order valence-electron chi connectivity index (χ3n) is 9.62. The van der Waals surface area contributed by atoms with E-state index in [1.54, 1.807) is 33.3 Å². The number of allylic oxidation sites excluding steroid dienone is 1. The highest BCUT2D eigenvalue weighted by Crippen LogP contribution is 2.74. The summed E-state index contributed by atoms with van der Waals surface area (Å²) in [6, 6.07) is 1.81. The molecule has 4 fully saturated rings. The lowest BCUT2D eigenvalue weighted by molar-refractivity contribution is -0.201. The van der Waals surface area contributed by atoms with Crippen LogP contribution in [0, 0.1) is 16.2 Å². The summed E-state index contributed by atoms with van der Waals surface area (Å²) < 4.78 is 29.8. The fraction of sp³-hybridized carbons (Fsp3) is 0.654. The van der Waals surface area contributed by atoms with E-state index in [9.17, 15) is 14.4 Å². The number of hydrogen-bond acceptors (Lipinski definition) is 8. The van der Waals surface area contributed by atoms with Gasteiger partial charge in [-0.3, -0.25) is 9.59 Å². The number of ether oxygens (including phenoxy) is 4. The molecule has 0 bridgehead atoms. The van der Waals surface area contributed by atoms with Gasteiger partial charge in [-0.15, -0.1) is 0 Å². The summed E-state index contributed by atoms with van der Waals surface area (Å²) in [7, 11) is 0. The van der Waals surface area contributed by atoms with Crippen LogP contribution in [0.3, 0.4) is 0 Å². The van der Waals surface area contributed by atoms with Crippen LogP contribution in [-0.2, 0) is 33.3 Å². The smallest absolute Gasteiger partial charge is 0.339 e. The summed E-state index contributed by atoms with van der Waals surface area (Å²) >= 11 is 0. The highest BCUT2D eigenvalue weighted by atomic mass is 16.7. The van der Waals surface area contributed by atoms with Crippen LogP contribution in [0.2, 0.25) is 0 Å². The van der Waals surface area contributed by atoms with Gasteiger partial charge in [-0.1, -0.05) is 26.0 Å². The number of carbonyl (C=O) groups is 3. The van der Waals surface area contributed by atoms with Crippen molar-refractivity contribution in [2.24, 2.45) is 16.2 Å². The van der Waals surface area contributed by atoms with Crippen LogP contribution in [0.4, 0.5) is 0 Å². The molecule has 1 aromatic rings. The van der Waals surface area contributed by atoms with Gasteiger partial charge in [0.05, 0.1) is 36.6 Å². The molecule has 0 radical (unpaired) electrons. The Labute approximate surface area is 197 Å².